The van der Waals surface area contributed by atoms with E-state index in [1.165, 1.54) is 6.07 Å². The normalized spacial score (nSPS) is 10.3. The largest absolute Gasteiger partial charge is 0.376 e. The molecule has 9 nitrogen and oxygen atoms in total. The first-order valence-electron chi connectivity index (χ1n) is 7.74. The molecule has 0 aromatic heterocycles. The van der Waals surface area contributed by atoms with Gasteiger partial charge >= 0.3 is 0 Å². The van der Waals surface area contributed by atoms with Crippen LogP contribution in [0.3, 0.4) is 0 Å². The van der Waals surface area contributed by atoms with E-state index in [1.54, 1.807) is 0 Å². The number of nitro benzene ring substituents is 2. The summed E-state index contributed by atoms with van der Waals surface area (Å²) >= 11 is 0. The summed E-state index contributed by atoms with van der Waals surface area (Å²) in [6.45, 7) is 5.57. The lowest BCUT2D eigenvalue weighted by Crippen LogP contribution is -2.23. The minimum atomic E-state index is -0.774. The highest BCUT2D eigenvalue weighted by molar-refractivity contribution is 5.98. The molecule has 2 aromatic rings. The number of anilines is 2. The van der Waals surface area contributed by atoms with Crippen molar-refractivity contribution in [3.63, 3.8) is 0 Å². The number of nitrogens with zero attached hydrogens (tertiary/aromatic N) is 2. The van der Waals surface area contributed by atoms with E-state index in [-0.39, 0.29) is 6.54 Å². The molecule has 0 radical (unpaired) electrons. The quantitative estimate of drug-likeness (QED) is 0.601. The molecule has 0 fully saturated rings. The van der Waals surface area contributed by atoms with Crippen molar-refractivity contribution in [2.24, 2.45) is 0 Å². The van der Waals surface area contributed by atoms with Gasteiger partial charge in [-0.3, -0.25) is 25.0 Å². The van der Waals surface area contributed by atoms with Gasteiger partial charge in [0, 0.05) is 17.8 Å². The van der Waals surface area contributed by atoms with Gasteiger partial charge in [-0.05, 0) is 38.0 Å². The maximum Gasteiger partial charge on any atom is 0.299 e. The second-order valence-electron chi connectivity index (χ2n) is 5.86. The number of hydrogen-bond acceptors (Lipinski definition) is 6. The number of para-hydroxylation sites is 1. The lowest BCUT2D eigenvalue weighted by molar-refractivity contribution is -0.392. The van der Waals surface area contributed by atoms with Crippen molar-refractivity contribution in [3.05, 3.63) is 67.3 Å². The van der Waals surface area contributed by atoms with Gasteiger partial charge in [0.05, 0.1) is 16.4 Å². The van der Waals surface area contributed by atoms with Crippen molar-refractivity contribution in [1.82, 2.24) is 0 Å². The van der Waals surface area contributed by atoms with Crippen molar-refractivity contribution in [1.29, 1.82) is 0 Å². The Kier molecular flexibility index (Phi) is 5.51. The van der Waals surface area contributed by atoms with Crippen LogP contribution in [0.2, 0.25) is 0 Å². The molecule has 9 heteroatoms. The van der Waals surface area contributed by atoms with Crippen LogP contribution in [0.5, 0.6) is 0 Å². The number of amides is 1. The molecule has 0 saturated carbocycles. The highest BCUT2D eigenvalue weighted by Gasteiger charge is 2.26. The Bertz CT molecular complexity index is 839. The molecule has 0 aliphatic rings. The van der Waals surface area contributed by atoms with E-state index in [0.29, 0.717) is 0 Å². The van der Waals surface area contributed by atoms with Gasteiger partial charge in [-0.1, -0.05) is 17.7 Å². The predicted molar refractivity (Wildman–Crippen MR) is 97.5 cm³/mol. The van der Waals surface area contributed by atoms with Crippen molar-refractivity contribution < 1.29 is 14.6 Å². The van der Waals surface area contributed by atoms with E-state index in [4.69, 9.17) is 0 Å². The van der Waals surface area contributed by atoms with Gasteiger partial charge in [0.1, 0.15) is 0 Å². The fourth-order valence-electron chi connectivity index (χ4n) is 2.77. The molecule has 0 saturated heterocycles. The zero-order chi connectivity index (χ0) is 19.4. The maximum atomic E-state index is 12.2. The zero-order valence-corrected chi connectivity index (χ0v) is 14.5. The van der Waals surface area contributed by atoms with E-state index >= 15 is 0 Å². The van der Waals surface area contributed by atoms with E-state index in [0.717, 1.165) is 34.5 Å². The third-order valence-corrected chi connectivity index (χ3v) is 3.78. The summed E-state index contributed by atoms with van der Waals surface area (Å²) in [5.74, 6) is -0.623. The van der Waals surface area contributed by atoms with Crippen LogP contribution in [-0.2, 0) is 4.79 Å². The Balaban J connectivity index is 2.21. The van der Waals surface area contributed by atoms with E-state index in [9.17, 15) is 25.0 Å². The van der Waals surface area contributed by atoms with Gasteiger partial charge in [-0.2, -0.15) is 0 Å². The summed E-state index contributed by atoms with van der Waals surface area (Å²) in [6.07, 6.45) is 0. The summed E-state index contributed by atoms with van der Waals surface area (Å²) in [4.78, 5) is 32.8. The lowest BCUT2D eigenvalue weighted by atomic mass is 10.1. The second kappa shape index (κ2) is 7.60. The third kappa shape index (κ3) is 4.12. The van der Waals surface area contributed by atoms with E-state index in [1.807, 2.05) is 32.9 Å². The molecular formula is C17H18N4O5. The molecule has 0 aliphatic heterocycles. The minimum absolute atomic E-state index is 0.187. The van der Waals surface area contributed by atoms with Crippen LogP contribution >= 0.6 is 0 Å². The Morgan fingerprint density at radius 2 is 1.46 bits per heavy atom. The number of nitro groups is 2. The topological polar surface area (TPSA) is 127 Å². The SMILES string of the molecule is Cc1cc(C)c(NCC(=O)Nc2c([N+](=O)[O-])cccc2[N+](=O)[O-])c(C)c1. The molecule has 0 unspecified atom stereocenters. The number of rotatable bonds is 6. The van der Waals surface area contributed by atoms with Gasteiger partial charge in [0.15, 0.2) is 5.69 Å². The van der Waals surface area contributed by atoms with Crippen molar-refractivity contribution in [2.75, 3.05) is 17.2 Å². The molecule has 0 heterocycles. The van der Waals surface area contributed by atoms with Crippen LogP contribution in [0.1, 0.15) is 16.7 Å². The monoisotopic (exact) mass is 358 g/mol. The summed E-state index contributed by atoms with van der Waals surface area (Å²) in [5.41, 5.74) is 2.28. The first kappa shape index (κ1) is 18.8. The first-order valence-corrected chi connectivity index (χ1v) is 7.74. The fourth-order valence-corrected chi connectivity index (χ4v) is 2.77. The average molecular weight is 358 g/mol. The Morgan fingerprint density at radius 3 is 1.92 bits per heavy atom. The van der Waals surface area contributed by atoms with Crippen LogP contribution in [0.15, 0.2) is 30.3 Å². The number of carbonyl (C=O) groups is 1. The van der Waals surface area contributed by atoms with E-state index in [2.05, 4.69) is 10.6 Å². The van der Waals surface area contributed by atoms with Crippen molar-refractivity contribution in [3.8, 4) is 0 Å². The smallest absolute Gasteiger partial charge is 0.299 e. The molecule has 136 valence electrons. The lowest BCUT2D eigenvalue weighted by Gasteiger charge is -2.14. The van der Waals surface area contributed by atoms with E-state index < -0.39 is 32.8 Å². The maximum absolute atomic E-state index is 12.2. The summed E-state index contributed by atoms with van der Waals surface area (Å²) in [7, 11) is 0. The van der Waals surface area contributed by atoms with Gasteiger partial charge in [0.25, 0.3) is 11.4 Å². The Morgan fingerprint density at radius 1 is 0.962 bits per heavy atom. The highest BCUT2D eigenvalue weighted by atomic mass is 16.6. The zero-order valence-electron chi connectivity index (χ0n) is 14.5. The second-order valence-corrected chi connectivity index (χ2v) is 5.86. The van der Waals surface area contributed by atoms with Gasteiger partial charge in [-0.25, -0.2) is 0 Å². The number of hydrogen-bond donors (Lipinski definition) is 2. The number of nitrogens with one attached hydrogen (secondary N) is 2. The molecule has 2 N–H and O–H groups in total. The Hall–Kier alpha value is -3.49. The van der Waals surface area contributed by atoms with Gasteiger partial charge in [0.2, 0.25) is 5.91 Å². The number of aryl methyl sites for hydroxylation is 3. The molecule has 0 aliphatic carbocycles. The van der Waals surface area contributed by atoms with Crippen LogP contribution in [-0.4, -0.2) is 22.3 Å². The Labute approximate surface area is 149 Å². The number of benzene rings is 2. The third-order valence-electron chi connectivity index (χ3n) is 3.78. The molecule has 2 rings (SSSR count). The standard InChI is InChI=1S/C17H18N4O5/c1-10-7-11(2)16(12(3)8-10)18-9-15(22)19-17-13(20(23)24)5-4-6-14(17)21(25)26/h4-8,18H,9H2,1-3H3,(H,19,22). The molecule has 0 spiro atoms. The molecule has 2 aromatic carbocycles. The molecule has 0 atom stereocenters. The van der Waals surface area contributed by atoms with Crippen molar-refractivity contribution in [2.45, 2.75) is 20.8 Å². The van der Waals surface area contributed by atoms with Crippen LogP contribution in [0.25, 0.3) is 0 Å². The summed E-state index contributed by atoms with van der Waals surface area (Å²) in [5, 5.41) is 27.4. The minimum Gasteiger partial charge on any atom is -0.376 e. The summed E-state index contributed by atoms with van der Waals surface area (Å²) < 4.78 is 0. The summed E-state index contributed by atoms with van der Waals surface area (Å²) in [6, 6.07) is 7.32. The molecule has 1 amide bonds. The first-order chi connectivity index (χ1) is 12.2. The van der Waals surface area contributed by atoms with Gasteiger partial charge in [-0.15, -0.1) is 0 Å². The fraction of sp³-hybridized carbons (Fsp3) is 0.235. The molecular weight excluding hydrogens is 340 g/mol. The average Bonchev–Trinajstić information content (AvgIpc) is 2.53. The molecule has 26 heavy (non-hydrogen) atoms. The molecule has 0 bridgehead atoms. The highest BCUT2D eigenvalue weighted by Crippen LogP contribution is 2.33. The van der Waals surface area contributed by atoms with Crippen molar-refractivity contribution >= 4 is 28.7 Å². The van der Waals surface area contributed by atoms with Gasteiger partial charge < -0.3 is 10.6 Å². The van der Waals surface area contributed by atoms with Crippen LogP contribution < -0.4 is 10.6 Å². The van der Waals surface area contributed by atoms with Crippen LogP contribution in [0, 0.1) is 41.0 Å². The number of carbonyl (C=O) groups excluding carboxylic acids is 1. The predicted octanol–water partition coefficient (Wildman–Crippen LogP) is 3.48. The van der Waals surface area contributed by atoms with Crippen LogP contribution in [0.4, 0.5) is 22.7 Å².